The van der Waals surface area contributed by atoms with Crippen molar-refractivity contribution in [2.45, 2.75) is 59.2 Å². The van der Waals surface area contributed by atoms with E-state index in [1.807, 2.05) is 0 Å². The maximum Gasteiger partial charge on any atom is 0.0601 e. The molecule has 0 aliphatic heterocycles. The second-order valence-corrected chi connectivity index (χ2v) is 5.69. The fraction of sp³-hybridized carbons (Fsp3) is 1.00. The van der Waals surface area contributed by atoms with Crippen LogP contribution >= 0.6 is 0 Å². The lowest BCUT2D eigenvalue weighted by atomic mass is 9.95. The molecule has 3 nitrogen and oxygen atoms in total. The number of aliphatic hydroxyl groups is 1. The van der Waals surface area contributed by atoms with Gasteiger partial charge in [-0.15, -0.1) is 0 Å². The van der Waals surface area contributed by atoms with Crippen LogP contribution in [0.4, 0.5) is 0 Å². The van der Waals surface area contributed by atoms with Crippen molar-refractivity contribution >= 4 is 0 Å². The molecule has 3 atom stereocenters. The molecule has 0 aromatic heterocycles. The summed E-state index contributed by atoms with van der Waals surface area (Å²) in [5.74, 6) is 1.15. The van der Waals surface area contributed by atoms with Gasteiger partial charge in [-0.1, -0.05) is 27.7 Å². The van der Waals surface area contributed by atoms with E-state index in [9.17, 15) is 5.11 Å². The highest BCUT2D eigenvalue weighted by atomic mass is 16.3. The average molecular weight is 230 g/mol. The van der Waals surface area contributed by atoms with E-state index < -0.39 is 0 Å². The minimum atomic E-state index is 0.0520. The molecule has 3 unspecified atom stereocenters. The Morgan fingerprint density at radius 3 is 1.94 bits per heavy atom. The van der Waals surface area contributed by atoms with Gasteiger partial charge in [-0.25, -0.2) is 0 Å². The van der Waals surface area contributed by atoms with Gasteiger partial charge < -0.3 is 10.8 Å². The Hall–Kier alpha value is -0.120. The van der Waals surface area contributed by atoms with Crippen molar-refractivity contribution in [3.05, 3.63) is 0 Å². The second-order valence-electron chi connectivity index (χ2n) is 5.69. The van der Waals surface area contributed by atoms with Crippen LogP contribution < -0.4 is 5.73 Å². The molecule has 0 aromatic rings. The molecule has 0 fully saturated rings. The first-order valence-electron chi connectivity index (χ1n) is 6.39. The Balaban J connectivity index is 4.46. The fourth-order valence-corrected chi connectivity index (χ4v) is 2.04. The van der Waals surface area contributed by atoms with Gasteiger partial charge in [0.25, 0.3) is 0 Å². The van der Waals surface area contributed by atoms with Gasteiger partial charge in [0, 0.05) is 18.1 Å². The van der Waals surface area contributed by atoms with Crippen molar-refractivity contribution in [1.82, 2.24) is 4.90 Å². The van der Waals surface area contributed by atoms with Crippen molar-refractivity contribution < 1.29 is 5.11 Å². The lowest BCUT2D eigenvalue weighted by Crippen LogP contribution is -2.53. The first-order valence-corrected chi connectivity index (χ1v) is 6.39. The van der Waals surface area contributed by atoms with E-state index in [2.05, 4.69) is 46.6 Å². The smallest absolute Gasteiger partial charge is 0.0601 e. The quantitative estimate of drug-likeness (QED) is 0.700. The number of rotatable bonds is 7. The number of hydrogen-bond donors (Lipinski definition) is 2. The van der Waals surface area contributed by atoms with Crippen molar-refractivity contribution in [2.24, 2.45) is 17.6 Å². The minimum absolute atomic E-state index is 0.0520. The van der Waals surface area contributed by atoms with Crippen LogP contribution in [0.3, 0.4) is 0 Å². The predicted molar refractivity (Wildman–Crippen MR) is 70.4 cm³/mol. The SMILES string of the molecule is CC(C)CC(N)C(CO)N(C)C(C)C(C)C. The van der Waals surface area contributed by atoms with E-state index in [0.717, 1.165) is 6.42 Å². The molecule has 0 saturated carbocycles. The zero-order valence-electron chi connectivity index (χ0n) is 11.8. The van der Waals surface area contributed by atoms with E-state index in [0.29, 0.717) is 17.9 Å². The lowest BCUT2D eigenvalue weighted by Gasteiger charge is -2.37. The van der Waals surface area contributed by atoms with Crippen molar-refractivity contribution in [1.29, 1.82) is 0 Å². The van der Waals surface area contributed by atoms with E-state index in [1.54, 1.807) is 0 Å². The third kappa shape index (κ3) is 4.81. The van der Waals surface area contributed by atoms with Crippen LogP contribution in [0.5, 0.6) is 0 Å². The molecule has 16 heavy (non-hydrogen) atoms. The largest absolute Gasteiger partial charge is 0.395 e. The molecule has 98 valence electrons. The van der Waals surface area contributed by atoms with Crippen LogP contribution in [-0.4, -0.2) is 41.8 Å². The summed E-state index contributed by atoms with van der Waals surface area (Å²) >= 11 is 0. The summed E-state index contributed by atoms with van der Waals surface area (Å²) in [7, 11) is 2.06. The Morgan fingerprint density at radius 1 is 1.12 bits per heavy atom. The number of hydrogen-bond acceptors (Lipinski definition) is 3. The highest BCUT2D eigenvalue weighted by molar-refractivity contribution is 4.84. The van der Waals surface area contributed by atoms with Crippen molar-refractivity contribution in [2.75, 3.05) is 13.7 Å². The molecule has 3 heteroatoms. The van der Waals surface area contributed by atoms with E-state index in [1.165, 1.54) is 0 Å². The molecule has 0 radical (unpaired) electrons. The zero-order valence-corrected chi connectivity index (χ0v) is 11.8. The van der Waals surface area contributed by atoms with Gasteiger partial charge in [0.2, 0.25) is 0 Å². The molecule has 0 aliphatic carbocycles. The van der Waals surface area contributed by atoms with Gasteiger partial charge in [-0.3, -0.25) is 4.90 Å². The zero-order chi connectivity index (χ0) is 12.9. The Morgan fingerprint density at radius 2 is 1.62 bits per heavy atom. The molecule has 0 rings (SSSR count). The van der Waals surface area contributed by atoms with Crippen LogP contribution in [0.25, 0.3) is 0 Å². The summed E-state index contributed by atoms with van der Waals surface area (Å²) in [4.78, 5) is 2.22. The molecule has 0 heterocycles. The Labute approximate surface area is 101 Å². The standard InChI is InChI=1S/C13H30N2O/c1-9(2)7-12(14)13(8-16)15(6)11(5)10(3)4/h9-13,16H,7-8,14H2,1-6H3. The molecular formula is C13H30N2O. The van der Waals surface area contributed by atoms with Crippen molar-refractivity contribution in [3.63, 3.8) is 0 Å². The first-order chi connectivity index (χ1) is 7.31. The van der Waals surface area contributed by atoms with Gasteiger partial charge in [-0.05, 0) is 32.2 Å². The molecule has 0 saturated heterocycles. The summed E-state index contributed by atoms with van der Waals surface area (Å²) in [6.45, 7) is 11.1. The number of nitrogens with zero attached hydrogens (tertiary/aromatic N) is 1. The summed E-state index contributed by atoms with van der Waals surface area (Å²) < 4.78 is 0. The molecule has 0 bridgehead atoms. The topological polar surface area (TPSA) is 49.5 Å². The van der Waals surface area contributed by atoms with Crippen LogP contribution in [-0.2, 0) is 0 Å². The molecule has 0 aliphatic rings. The maximum atomic E-state index is 9.49. The summed E-state index contributed by atoms with van der Waals surface area (Å²) in [5, 5.41) is 9.49. The maximum absolute atomic E-state index is 9.49. The summed E-state index contributed by atoms with van der Waals surface area (Å²) in [6.07, 6.45) is 0.959. The number of nitrogens with two attached hydrogens (primary N) is 1. The Bertz CT molecular complexity index is 183. The molecule has 0 aromatic carbocycles. The van der Waals surface area contributed by atoms with Gasteiger partial charge in [0.15, 0.2) is 0 Å². The molecule has 0 spiro atoms. The van der Waals surface area contributed by atoms with Crippen LogP contribution in [0.1, 0.15) is 41.0 Å². The third-order valence-corrected chi connectivity index (χ3v) is 3.56. The molecular weight excluding hydrogens is 200 g/mol. The van der Waals surface area contributed by atoms with E-state index in [4.69, 9.17) is 5.73 Å². The van der Waals surface area contributed by atoms with E-state index >= 15 is 0 Å². The number of likely N-dealkylation sites (N-methyl/N-ethyl adjacent to an activating group) is 1. The highest BCUT2D eigenvalue weighted by Crippen LogP contribution is 2.16. The molecule has 0 amide bonds. The lowest BCUT2D eigenvalue weighted by molar-refractivity contribution is 0.0744. The highest BCUT2D eigenvalue weighted by Gasteiger charge is 2.26. The minimum Gasteiger partial charge on any atom is -0.395 e. The fourth-order valence-electron chi connectivity index (χ4n) is 2.04. The van der Waals surface area contributed by atoms with Crippen LogP contribution in [0.15, 0.2) is 0 Å². The van der Waals surface area contributed by atoms with E-state index in [-0.39, 0.29) is 18.7 Å². The van der Waals surface area contributed by atoms with Gasteiger partial charge >= 0.3 is 0 Å². The average Bonchev–Trinajstić information content (AvgIpc) is 2.16. The van der Waals surface area contributed by atoms with Crippen LogP contribution in [0.2, 0.25) is 0 Å². The summed E-state index contributed by atoms with van der Waals surface area (Å²) in [5.41, 5.74) is 6.17. The predicted octanol–water partition coefficient (Wildman–Crippen LogP) is 1.70. The summed E-state index contributed by atoms with van der Waals surface area (Å²) in [6, 6.07) is 0.561. The van der Waals surface area contributed by atoms with Gasteiger partial charge in [0.1, 0.15) is 0 Å². The van der Waals surface area contributed by atoms with Crippen LogP contribution in [0, 0.1) is 11.8 Å². The first kappa shape index (κ1) is 15.9. The second kappa shape index (κ2) is 7.25. The van der Waals surface area contributed by atoms with Gasteiger partial charge in [-0.2, -0.15) is 0 Å². The molecule has 3 N–H and O–H groups in total. The monoisotopic (exact) mass is 230 g/mol. The van der Waals surface area contributed by atoms with Gasteiger partial charge in [0.05, 0.1) is 6.61 Å². The normalized spacial score (nSPS) is 18.2. The third-order valence-electron chi connectivity index (χ3n) is 3.56. The Kier molecular flexibility index (Phi) is 7.20. The van der Waals surface area contributed by atoms with Crippen molar-refractivity contribution in [3.8, 4) is 0 Å². The number of aliphatic hydroxyl groups excluding tert-OH is 1.